The first-order valence-corrected chi connectivity index (χ1v) is 11.5. The lowest BCUT2D eigenvalue weighted by Crippen LogP contribution is -2.28. The Balaban J connectivity index is 1.38. The number of hydrazone groups is 1. The van der Waals surface area contributed by atoms with Crippen LogP contribution in [0.2, 0.25) is 5.02 Å². The molecule has 3 aliphatic rings. The monoisotopic (exact) mass is 514 g/mol. The molecule has 32 heavy (non-hydrogen) atoms. The van der Waals surface area contributed by atoms with Crippen LogP contribution in [-0.2, 0) is 16.2 Å². The van der Waals surface area contributed by atoms with Crippen LogP contribution >= 0.6 is 27.5 Å². The van der Waals surface area contributed by atoms with Crippen molar-refractivity contribution in [3.05, 3.63) is 69.2 Å². The van der Waals surface area contributed by atoms with Crippen LogP contribution < -0.4 is 9.47 Å². The third-order valence-electron chi connectivity index (χ3n) is 6.36. The number of methoxy groups -OCH3 is 1. The fourth-order valence-electron chi connectivity index (χ4n) is 4.83. The standard InChI is InChI=1S/C24H20BrClN2O4/c1-31-17-10-16(20(25)21(26)22(17)32-12-13-5-3-2-4-6-13)11-27-28-23(29)18-14-7-8-15(9-14)19(18)24(28)30/h2-8,10-11,14-15,18-19H,9,12H2,1H3/t14-,15-,18-,19+/m0/s1. The van der Waals surface area contributed by atoms with Gasteiger partial charge in [0.2, 0.25) is 0 Å². The number of ether oxygens (including phenoxy) is 2. The van der Waals surface area contributed by atoms with Crippen molar-refractivity contribution < 1.29 is 19.1 Å². The van der Waals surface area contributed by atoms with Crippen molar-refractivity contribution in [3.63, 3.8) is 0 Å². The average Bonchev–Trinajstić information content (AvgIpc) is 3.49. The van der Waals surface area contributed by atoms with Gasteiger partial charge in [-0.15, -0.1) is 0 Å². The Morgan fingerprint density at radius 3 is 2.44 bits per heavy atom. The van der Waals surface area contributed by atoms with Gasteiger partial charge in [-0.25, -0.2) is 0 Å². The van der Waals surface area contributed by atoms with Gasteiger partial charge in [0.15, 0.2) is 11.5 Å². The van der Waals surface area contributed by atoms with Gasteiger partial charge in [0.05, 0.1) is 25.2 Å². The van der Waals surface area contributed by atoms with Crippen LogP contribution in [0.1, 0.15) is 17.5 Å². The van der Waals surface area contributed by atoms with E-state index in [1.54, 1.807) is 6.07 Å². The van der Waals surface area contributed by atoms with E-state index in [0.29, 0.717) is 33.2 Å². The summed E-state index contributed by atoms with van der Waals surface area (Å²) in [5.41, 5.74) is 1.56. The molecule has 0 N–H and O–H groups in total. The number of amides is 2. The van der Waals surface area contributed by atoms with Crippen LogP contribution in [0.3, 0.4) is 0 Å². The van der Waals surface area contributed by atoms with E-state index in [1.165, 1.54) is 13.3 Å². The van der Waals surface area contributed by atoms with Crippen LogP contribution in [0.4, 0.5) is 0 Å². The molecule has 164 valence electrons. The zero-order chi connectivity index (χ0) is 22.4. The first-order valence-electron chi connectivity index (χ1n) is 10.3. The van der Waals surface area contributed by atoms with Crippen molar-refractivity contribution in [2.45, 2.75) is 13.0 Å². The number of benzene rings is 2. The van der Waals surface area contributed by atoms with E-state index in [1.807, 2.05) is 30.3 Å². The molecule has 2 bridgehead atoms. The van der Waals surface area contributed by atoms with E-state index in [2.05, 4.69) is 33.2 Å². The molecule has 0 radical (unpaired) electrons. The number of carbonyl (C=O) groups excluding carboxylic acids is 2. The number of nitrogens with zero attached hydrogens (tertiary/aromatic N) is 2. The summed E-state index contributed by atoms with van der Waals surface area (Å²) in [6.07, 6.45) is 6.44. The maximum Gasteiger partial charge on any atom is 0.254 e. The SMILES string of the molecule is COc1cc(C=NN2C(=O)[C@@H]3[C@H](C2=O)[C@H]2C=C[C@H]3C2)c(Br)c(Cl)c1OCc1ccccc1. The van der Waals surface area contributed by atoms with E-state index in [9.17, 15) is 9.59 Å². The molecule has 1 saturated heterocycles. The lowest BCUT2D eigenvalue weighted by Gasteiger charge is -2.15. The molecular formula is C24H20BrClN2O4. The second kappa shape index (κ2) is 8.37. The second-order valence-corrected chi connectivity index (χ2v) is 9.30. The number of rotatable bonds is 6. The van der Waals surface area contributed by atoms with Gasteiger partial charge in [0, 0.05) is 10.0 Å². The molecule has 6 nitrogen and oxygen atoms in total. The first-order chi connectivity index (χ1) is 15.5. The molecule has 5 rings (SSSR count). The smallest absolute Gasteiger partial charge is 0.254 e. The van der Waals surface area contributed by atoms with Crippen molar-refractivity contribution in [2.75, 3.05) is 7.11 Å². The number of hydrogen-bond acceptors (Lipinski definition) is 5. The summed E-state index contributed by atoms with van der Waals surface area (Å²) in [6.45, 7) is 0.326. The Kier molecular flexibility index (Phi) is 5.55. The van der Waals surface area contributed by atoms with Crippen molar-refractivity contribution in [1.29, 1.82) is 0 Å². The highest BCUT2D eigenvalue weighted by Gasteiger charge is 2.59. The number of carbonyl (C=O) groups is 2. The maximum absolute atomic E-state index is 12.8. The Morgan fingerprint density at radius 2 is 1.81 bits per heavy atom. The van der Waals surface area contributed by atoms with Gasteiger partial charge in [-0.05, 0) is 45.8 Å². The fourth-order valence-corrected chi connectivity index (χ4v) is 5.49. The molecule has 2 fully saturated rings. The molecule has 8 heteroatoms. The molecule has 2 aromatic carbocycles. The molecule has 2 aliphatic carbocycles. The van der Waals surface area contributed by atoms with E-state index in [4.69, 9.17) is 21.1 Å². The summed E-state index contributed by atoms with van der Waals surface area (Å²) < 4.78 is 11.9. The number of hydrogen-bond donors (Lipinski definition) is 0. The average molecular weight is 516 g/mol. The van der Waals surface area contributed by atoms with Gasteiger partial charge in [-0.1, -0.05) is 54.1 Å². The van der Waals surface area contributed by atoms with Gasteiger partial charge in [-0.3, -0.25) is 9.59 Å². The lowest BCUT2D eigenvalue weighted by atomic mass is 9.85. The molecule has 2 amide bonds. The molecule has 1 saturated carbocycles. The fraction of sp³-hybridized carbons (Fsp3) is 0.292. The van der Waals surface area contributed by atoms with Crippen molar-refractivity contribution in [1.82, 2.24) is 5.01 Å². The summed E-state index contributed by atoms with van der Waals surface area (Å²) in [4.78, 5) is 25.7. The predicted molar refractivity (Wildman–Crippen MR) is 124 cm³/mol. The number of imide groups is 1. The molecular weight excluding hydrogens is 496 g/mol. The third kappa shape index (κ3) is 3.44. The van der Waals surface area contributed by atoms with E-state index < -0.39 is 0 Å². The minimum atomic E-state index is -0.287. The predicted octanol–water partition coefficient (Wildman–Crippen LogP) is 4.83. The lowest BCUT2D eigenvalue weighted by molar-refractivity contribution is -0.140. The van der Waals surface area contributed by atoms with Crippen LogP contribution in [0.15, 0.2) is 58.1 Å². The van der Waals surface area contributed by atoms with Gasteiger partial charge in [-0.2, -0.15) is 10.1 Å². The molecule has 0 aromatic heterocycles. The van der Waals surface area contributed by atoms with Gasteiger partial charge >= 0.3 is 0 Å². The van der Waals surface area contributed by atoms with Gasteiger partial charge in [0.1, 0.15) is 11.6 Å². The first kappa shape index (κ1) is 21.2. The maximum atomic E-state index is 12.8. The molecule has 1 heterocycles. The highest BCUT2D eigenvalue weighted by Crippen LogP contribution is 2.52. The van der Waals surface area contributed by atoms with Crippen LogP contribution in [0, 0.1) is 23.7 Å². The van der Waals surface area contributed by atoms with Crippen molar-refractivity contribution >= 4 is 45.6 Å². The van der Waals surface area contributed by atoms with Crippen LogP contribution in [-0.4, -0.2) is 30.1 Å². The number of halogens is 2. The Bertz CT molecular complexity index is 1120. The van der Waals surface area contributed by atoms with E-state index >= 15 is 0 Å². The van der Waals surface area contributed by atoms with Crippen LogP contribution in [0.25, 0.3) is 0 Å². The highest BCUT2D eigenvalue weighted by molar-refractivity contribution is 9.10. The topological polar surface area (TPSA) is 68.2 Å². The number of allylic oxidation sites excluding steroid dienone is 2. The molecule has 1 aliphatic heterocycles. The second-order valence-electron chi connectivity index (χ2n) is 8.13. The van der Waals surface area contributed by atoms with Gasteiger partial charge in [0.25, 0.3) is 11.8 Å². The zero-order valence-electron chi connectivity index (χ0n) is 17.2. The Labute approximate surface area is 199 Å². The molecule has 2 aromatic rings. The molecule has 4 atom stereocenters. The van der Waals surface area contributed by atoms with E-state index in [-0.39, 0.29) is 35.5 Å². The third-order valence-corrected chi connectivity index (χ3v) is 7.80. The van der Waals surface area contributed by atoms with Crippen molar-refractivity contribution in [2.24, 2.45) is 28.8 Å². The Hall–Kier alpha value is -2.64. The highest BCUT2D eigenvalue weighted by atomic mass is 79.9. The minimum Gasteiger partial charge on any atom is -0.493 e. The minimum absolute atomic E-state index is 0.143. The summed E-state index contributed by atoms with van der Waals surface area (Å²) in [5, 5.41) is 5.56. The summed E-state index contributed by atoms with van der Waals surface area (Å²) in [7, 11) is 1.52. The summed E-state index contributed by atoms with van der Waals surface area (Å²) in [5.74, 6) is 0.0689. The normalized spacial score (nSPS) is 25.8. The van der Waals surface area contributed by atoms with Crippen molar-refractivity contribution in [3.8, 4) is 11.5 Å². The Morgan fingerprint density at radius 1 is 1.16 bits per heavy atom. The molecule has 0 unspecified atom stereocenters. The van der Waals surface area contributed by atoms with E-state index in [0.717, 1.165) is 17.0 Å². The molecule has 0 spiro atoms. The zero-order valence-corrected chi connectivity index (χ0v) is 19.5. The number of fused-ring (bicyclic) bond motifs is 5. The largest absolute Gasteiger partial charge is 0.493 e. The van der Waals surface area contributed by atoms with Gasteiger partial charge < -0.3 is 9.47 Å². The summed E-state index contributed by atoms with van der Waals surface area (Å²) in [6, 6.07) is 11.4. The quantitative estimate of drug-likeness (QED) is 0.314. The van der Waals surface area contributed by atoms with Crippen LogP contribution in [0.5, 0.6) is 11.5 Å². The summed E-state index contributed by atoms with van der Waals surface area (Å²) >= 11 is 10.0.